The van der Waals surface area contributed by atoms with E-state index in [4.69, 9.17) is 0 Å². The van der Waals surface area contributed by atoms with Crippen LogP contribution in [0.3, 0.4) is 0 Å². The van der Waals surface area contributed by atoms with E-state index in [0.29, 0.717) is 6.42 Å². The summed E-state index contributed by atoms with van der Waals surface area (Å²) in [6.45, 7) is -0.365. The molecule has 1 aromatic rings. The Hall–Kier alpha value is -1.56. The molecule has 1 aromatic carbocycles. The maximum Gasteiger partial charge on any atom is 0.471 e. The molecule has 1 amide bonds. The SMILES string of the molecule is O=C(N1CCc2ccccc2C(CO)C1)C(F)(F)F. The van der Waals surface area contributed by atoms with Crippen LogP contribution >= 0.6 is 0 Å². The van der Waals surface area contributed by atoms with Crippen LogP contribution in [0.5, 0.6) is 0 Å². The zero-order valence-electron chi connectivity index (χ0n) is 10.2. The molecule has 0 saturated heterocycles. The second-order valence-corrected chi connectivity index (χ2v) is 4.58. The van der Waals surface area contributed by atoms with E-state index in [-0.39, 0.29) is 19.7 Å². The Morgan fingerprint density at radius 2 is 2.05 bits per heavy atom. The van der Waals surface area contributed by atoms with Crippen molar-refractivity contribution in [2.24, 2.45) is 0 Å². The van der Waals surface area contributed by atoms with Gasteiger partial charge in [0.2, 0.25) is 0 Å². The van der Waals surface area contributed by atoms with Crippen molar-refractivity contribution in [1.29, 1.82) is 0 Å². The van der Waals surface area contributed by atoms with Gasteiger partial charge in [0.1, 0.15) is 0 Å². The van der Waals surface area contributed by atoms with Gasteiger partial charge in [-0.15, -0.1) is 0 Å². The van der Waals surface area contributed by atoms with E-state index in [1.165, 1.54) is 0 Å². The van der Waals surface area contributed by atoms with Gasteiger partial charge in [-0.05, 0) is 17.5 Å². The highest BCUT2D eigenvalue weighted by atomic mass is 19.4. The number of rotatable bonds is 1. The van der Waals surface area contributed by atoms with E-state index >= 15 is 0 Å². The van der Waals surface area contributed by atoms with Crippen LogP contribution in [-0.4, -0.2) is 41.8 Å². The zero-order valence-corrected chi connectivity index (χ0v) is 10.2. The molecule has 0 aromatic heterocycles. The molecule has 0 aliphatic carbocycles. The van der Waals surface area contributed by atoms with Gasteiger partial charge in [0.05, 0.1) is 6.61 Å². The number of fused-ring (bicyclic) bond motifs is 1. The number of nitrogens with zero attached hydrogens (tertiary/aromatic N) is 1. The van der Waals surface area contributed by atoms with Gasteiger partial charge < -0.3 is 10.0 Å². The molecule has 1 atom stereocenters. The fourth-order valence-corrected chi connectivity index (χ4v) is 2.39. The Kier molecular flexibility index (Phi) is 3.80. The molecule has 19 heavy (non-hydrogen) atoms. The first kappa shape index (κ1) is 13.9. The summed E-state index contributed by atoms with van der Waals surface area (Å²) in [5, 5.41) is 9.35. The van der Waals surface area contributed by atoms with Crippen LogP contribution in [0, 0.1) is 0 Å². The van der Waals surface area contributed by atoms with Crippen molar-refractivity contribution >= 4 is 5.91 Å². The molecule has 1 N–H and O–H groups in total. The van der Waals surface area contributed by atoms with Gasteiger partial charge in [0.15, 0.2) is 0 Å². The lowest BCUT2D eigenvalue weighted by Gasteiger charge is -2.24. The summed E-state index contributed by atoms with van der Waals surface area (Å²) < 4.78 is 37.4. The maximum atomic E-state index is 12.5. The molecular formula is C13H14F3NO2. The lowest BCUT2D eigenvalue weighted by Crippen LogP contribution is -2.43. The number of amides is 1. The summed E-state index contributed by atoms with van der Waals surface area (Å²) >= 11 is 0. The molecule has 3 nitrogen and oxygen atoms in total. The number of carbonyl (C=O) groups excluding carboxylic acids is 1. The van der Waals surface area contributed by atoms with E-state index in [1.54, 1.807) is 18.2 Å². The number of aliphatic hydroxyl groups is 1. The van der Waals surface area contributed by atoms with Gasteiger partial charge in [-0.1, -0.05) is 24.3 Å². The van der Waals surface area contributed by atoms with Crippen LogP contribution in [0.2, 0.25) is 0 Å². The molecule has 1 unspecified atom stereocenters. The molecule has 6 heteroatoms. The summed E-state index contributed by atoms with van der Waals surface area (Å²) in [7, 11) is 0. The number of carbonyl (C=O) groups is 1. The van der Waals surface area contributed by atoms with Crippen LogP contribution in [0.4, 0.5) is 13.2 Å². The van der Waals surface area contributed by atoms with Gasteiger partial charge in [-0.25, -0.2) is 0 Å². The molecule has 0 fully saturated rings. The van der Waals surface area contributed by atoms with Gasteiger partial charge in [-0.2, -0.15) is 13.2 Å². The van der Waals surface area contributed by atoms with Crippen molar-refractivity contribution < 1.29 is 23.1 Å². The average Bonchev–Trinajstić information content (AvgIpc) is 2.56. The van der Waals surface area contributed by atoms with Gasteiger partial charge in [-0.3, -0.25) is 4.79 Å². The molecule has 0 radical (unpaired) electrons. The van der Waals surface area contributed by atoms with Crippen LogP contribution < -0.4 is 0 Å². The molecule has 0 spiro atoms. The van der Waals surface area contributed by atoms with Crippen molar-refractivity contribution in [2.45, 2.75) is 18.5 Å². The number of hydrogen-bond acceptors (Lipinski definition) is 2. The minimum Gasteiger partial charge on any atom is -0.396 e. The molecule has 2 rings (SSSR count). The van der Waals surface area contributed by atoms with Crippen molar-refractivity contribution in [3.63, 3.8) is 0 Å². The Labute approximate surface area is 108 Å². The van der Waals surface area contributed by atoms with Crippen molar-refractivity contribution in [2.75, 3.05) is 19.7 Å². The molecule has 104 valence electrons. The van der Waals surface area contributed by atoms with Crippen molar-refractivity contribution in [3.05, 3.63) is 35.4 Å². The van der Waals surface area contributed by atoms with E-state index in [9.17, 15) is 23.1 Å². The van der Waals surface area contributed by atoms with Crippen molar-refractivity contribution in [3.8, 4) is 0 Å². The smallest absolute Gasteiger partial charge is 0.396 e. The number of aliphatic hydroxyl groups excluding tert-OH is 1. The minimum atomic E-state index is -4.86. The molecule has 1 aliphatic rings. The normalized spacial score (nSPS) is 19.8. The maximum absolute atomic E-state index is 12.5. The van der Waals surface area contributed by atoms with Gasteiger partial charge in [0, 0.05) is 19.0 Å². The number of benzene rings is 1. The van der Waals surface area contributed by atoms with Crippen LogP contribution in [-0.2, 0) is 11.2 Å². The number of halogens is 3. The van der Waals surface area contributed by atoms with Crippen LogP contribution in [0.15, 0.2) is 24.3 Å². The van der Waals surface area contributed by atoms with E-state index < -0.39 is 18.0 Å². The fraction of sp³-hybridized carbons (Fsp3) is 0.462. The quantitative estimate of drug-likeness (QED) is 0.846. The zero-order chi connectivity index (χ0) is 14.0. The van der Waals surface area contributed by atoms with E-state index in [1.807, 2.05) is 6.07 Å². The monoisotopic (exact) mass is 273 g/mol. The third-order valence-electron chi connectivity index (χ3n) is 3.34. The second-order valence-electron chi connectivity index (χ2n) is 4.58. The summed E-state index contributed by atoms with van der Waals surface area (Å²) in [6.07, 6.45) is -4.50. The number of alkyl halides is 3. The first-order valence-electron chi connectivity index (χ1n) is 5.98. The predicted molar refractivity (Wildman–Crippen MR) is 62.6 cm³/mol. The highest BCUT2D eigenvalue weighted by molar-refractivity contribution is 5.82. The first-order chi connectivity index (χ1) is 8.93. The average molecular weight is 273 g/mol. The molecular weight excluding hydrogens is 259 g/mol. The van der Waals surface area contributed by atoms with Gasteiger partial charge >= 0.3 is 12.1 Å². The topological polar surface area (TPSA) is 40.5 Å². The highest BCUT2D eigenvalue weighted by Crippen LogP contribution is 2.27. The lowest BCUT2D eigenvalue weighted by molar-refractivity contribution is -0.185. The third-order valence-corrected chi connectivity index (χ3v) is 3.34. The first-order valence-corrected chi connectivity index (χ1v) is 5.98. The molecule has 0 saturated carbocycles. The standard InChI is InChI=1S/C13H14F3NO2/c14-13(15,16)12(19)17-6-5-9-3-1-2-4-11(9)10(7-17)8-18/h1-4,10,18H,5-8H2. The summed E-state index contributed by atoms with van der Waals surface area (Å²) in [5.74, 6) is -2.30. The Morgan fingerprint density at radius 3 is 2.68 bits per heavy atom. The predicted octanol–water partition coefficient (Wildman–Crippen LogP) is 1.71. The fourth-order valence-electron chi connectivity index (χ4n) is 2.39. The van der Waals surface area contributed by atoms with Crippen LogP contribution in [0.1, 0.15) is 17.0 Å². The largest absolute Gasteiger partial charge is 0.471 e. The summed E-state index contributed by atoms with van der Waals surface area (Å²) in [5.41, 5.74) is 1.71. The number of hydrogen-bond donors (Lipinski definition) is 1. The van der Waals surface area contributed by atoms with Crippen LogP contribution in [0.25, 0.3) is 0 Å². The Morgan fingerprint density at radius 1 is 1.37 bits per heavy atom. The molecule has 0 bridgehead atoms. The summed E-state index contributed by atoms with van der Waals surface area (Å²) in [6, 6.07) is 7.19. The summed E-state index contributed by atoms with van der Waals surface area (Å²) in [4.78, 5) is 12.1. The van der Waals surface area contributed by atoms with E-state index in [2.05, 4.69) is 0 Å². The highest BCUT2D eigenvalue weighted by Gasteiger charge is 2.43. The second kappa shape index (κ2) is 5.21. The van der Waals surface area contributed by atoms with Gasteiger partial charge in [0.25, 0.3) is 0 Å². The van der Waals surface area contributed by atoms with Crippen molar-refractivity contribution in [1.82, 2.24) is 4.90 Å². The molecule has 1 heterocycles. The molecule has 1 aliphatic heterocycles. The third kappa shape index (κ3) is 2.89. The Bertz CT molecular complexity index is 473. The van der Waals surface area contributed by atoms with E-state index in [0.717, 1.165) is 16.0 Å². The Balaban J connectivity index is 2.26. The lowest BCUT2D eigenvalue weighted by atomic mass is 9.95. The minimum absolute atomic E-state index is 0.0197.